The van der Waals surface area contributed by atoms with Gasteiger partial charge in [0, 0.05) is 16.5 Å². The quantitative estimate of drug-likeness (QED) is 0.400. The van der Waals surface area contributed by atoms with E-state index in [1.165, 1.54) is 10.9 Å². The van der Waals surface area contributed by atoms with Crippen LogP contribution < -0.4 is 0 Å². The maximum Gasteiger partial charge on any atom is 0.416 e. The van der Waals surface area contributed by atoms with Crippen molar-refractivity contribution in [1.82, 2.24) is 19.9 Å². The number of aromatic nitrogens is 4. The fourth-order valence-electron chi connectivity index (χ4n) is 3.14. The molecule has 0 radical (unpaired) electrons. The van der Waals surface area contributed by atoms with E-state index in [9.17, 15) is 31.1 Å². The summed E-state index contributed by atoms with van der Waals surface area (Å²) in [6.07, 6.45) is -8.68. The molecule has 0 fully saturated rings. The Labute approximate surface area is 180 Å². The van der Waals surface area contributed by atoms with Crippen molar-refractivity contribution in [2.75, 3.05) is 0 Å². The van der Waals surface area contributed by atoms with Crippen molar-refractivity contribution in [2.45, 2.75) is 25.3 Å². The second kappa shape index (κ2) is 7.90. The molecular formula is C20H12F6N4O3. The predicted molar refractivity (Wildman–Crippen MR) is 101 cm³/mol. The molecule has 0 bridgehead atoms. The Morgan fingerprint density at radius 2 is 1.64 bits per heavy atom. The van der Waals surface area contributed by atoms with Crippen LogP contribution in [0.3, 0.4) is 0 Å². The van der Waals surface area contributed by atoms with Gasteiger partial charge in [0.2, 0.25) is 5.82 Å². The van der Waals surface area contributed by atoms with Gasteiger partial charge in [-0.25, -0.2) is 0 Å². The third kappa shape index (κ3) is 4.66. The van der Waals surface area contributed by atoms with Gasteiger partial charge in [-0.3, -0.25) is 9.48 Å². The molecule has 0 saturated carbocycles. The van der Waals surface area contributed by atoms with Gasteiger partial charge in [-0.1, -0.05) is 5.16 Å². The van der Waals surface area contributed by atoms with Crippen molar-refractivity contribution in [3.8, 4) is 22.8 Å². The number of hydrogen-bond donors (Lipinski definition) is 1. The normalized spacial score (nSPS) is 12.4. The molecule has 0 saturated heterocycles. The van der Waals surface area contributed by atoms with Gasteiger partial charge in [0.15, 0.2) is 0 Å². The van der Waals surface area contributed by atoms with E-state index in [0.29, 0.717) is 28.6 Å². The summed E-state index contributed by atoms with van der Waals surface area (Å²) in [6, 6.07) is 5.76. The Kier molecular flexibility index (Phi) is 5.34. The molecule has 2 heterocycles. The van der Waals surface area contributed by atoms with Crippen molar-refractivity contribution in [2.24, 2.45) is 0 Å². The summed E-state index contributed by atoms with van der Waals surface area (Å²) < 4.78 is 85.0. The summed E-state index contributed by atoms with van der Waals surface area (Å²) in [5.41, 5.74) is -2.53. The fourth-order valence-corrected chi connectivity index (χ4v) is 3.14. The number of carboxylic acid groups (broad SMARTS) is 1. The van der Waals surface area contributed by atoms with E-state index in [1.807, 2.05) is 0 Å². The third-order valence-corrected chi connectivity index (χ3v) is 4.70. The van der Waals surface area contributed by atoms with E-state index < -0.39 is 40.9 Å². The minimum Gasteiger partial charge on any atom is -0.481 e. The molecule has 0 unspecified atom stereocenters. The lowest BCUT2D eigenvalue weighted by atomic mass is 10.0. The van der Waals surface area contributed by atoms with Crippen molar-refractivity contribution in [1.29, 1.82) is 0 Å². The second-order valence-corrected chi connectivity index (χ2v) is 7.00. The number of rotatable bonds is 5. The van der Waals surface area contributed by atoms with Crippen LogP contribution in [0.25, 0.3) is 33.7 Å². The van der Waals surface area contributed by atoms with Crippen LogP contribution in [0.1, 0.15) is 17.5 Å². The van der Waals surface area contributed by atoms with Crippen molar-refractivity contribution < 1.29 is 40.8 Å². The summed E-state index contributed by atoms with van der Waals surface area (Å²) in [4.78, 5) is 14.7. The van der Waals surface area contributed by atoms with Crippen LogP contribution in [0.2, 0.25) is 0 Å². The van der Waals surface area contributed by atoms with Crippen molar-refractivity contribution in [3.63, 3.8) is 0 Å². The average Bonchev–Trinajstić information content (AvgIpc) is 3.37. The number of carboxylic acids is 1. The van der Waals surface area contributed by atoms with Gasteiger partial charge in [-0.2, -0.15) is 36.4 Å². The Morgan fingerprint density at radius 3 is 2.24 bits per heavy atom. The lowest BCUT2D eigenvalue weighted by Crippen LogP contribution is -2.11. The summed E-state index contributed by atoms with van der Waals surface area (Å²) in [5, 5.41) is 17.2. The van der Waals surface area contributed by atoms with Gasteiger partial charge in [0.1, 0.15) is 0 Å². The number of hydrogen-bond acceptors (Lipinski definition) is 5. The molecule has 0 spiro atoms. The molecule has 13 heteroatoms. The van der Waals surface area contributed by atoms with Crippen LogP contribution in [-0.2, 0) is 23.7 Å². The largest absolute Gasteiger partial charge is 0.481 e. The molecule has 0 amide bonds. The third-order valence-electron chi connectivity index (χ3n) is 4.70. The van der Waals surface area contributed by atoms with E-state index >= 15 is 0 Å². The highest BCUT2D eigenvalue weighted by atomic mass is 19.4. The summed E-state index contributed by atoms with van der Waals surface area (Å²) in [7, 11) is 0. The minimum absolute atomic E-state index is 0.0106. The number of nitrogens with zero attached hydrogens (tertiary/aromatic N) is 4. The minimum atomic E-state index is -5.01. The zero-order valence-corrected chi connectivity index (χ0v) is 16.3. The zero-order valence-electron chi connectivity index (χ0n) is 16.3. The molecule has 0 aliphatic heterocycles. The molecule has 33 heavy (non-hydrogen) atoms. The lowest BCUT2D eigenvalue weighted by Gasteiger charge is -2.12. The first-order chi connectivity index (χ1) is 15.4. The standard InChI is InChI=1S/C20H12F6N4O3/c21-19(22,23)13-6-11(7-14(8-13)20(24,25)26)18-28-17(29-33-18)10-1-2-15-12(5-10)9-27-30(15)4-3-16(31)32/h1-2,5-9H,3-4H2,(H,31,32). The Balaban J connectivity index is 1.69. The van der Waals surface area contributed by atoms with Crippen LogP contribution in [-0.4, -0.2) is 31.0 Å². The van der Waals surface area contributed by atoms with Gasteiger partial charge in [0.25, 0.3) is 5.89 Å². The number of aliphatic carboxylic acids is 1. The highest BCUT2D eigenvalue weighted by Gasteiger charge is 2.37. The summed E-state index contributed by atoms with van der Waals surface area (Å²) in [5.74, 6) is -1.56. The highest BCUT2D eigenvalue weighted by Crippen LogP contribution is 2.38. The van der Waals surface area contributed by atoms with E-state index in [0.717, 1.165) is 0 Å². The summed E-state index contributed by atoms with van der Waals surface area (Å²) >= 11 is 0. The number of fused-ring (bicyclic) bond motifs is 1. The maximum atomic E-state index is 13.1. The van der Waals surface area contributed by atoms with E-state index in [1.54, 1.807) is 18.2 Å². The van der Waals surface area contributed by atoms with E-state index in [2.05, 4.69) is 15.2 Å². The maximum absolute atomic E-state index is 13.1. The Hall–Kier alpha value is -3.90. The van der Waals surface area contributed by atoms with Crippen LogP contribution in [0.5, 0.6) is 0 Å². The van der Waals surface area contributed by atoms with Gasteiger partial charge in [-0.15, -0.1) is 0 Å². The molecule has 172 valence electrons. The molecule has 0 aliphatic carbocycles. The molecule has 4 rings (SSSR count). The predicted octanol–water partition coefficient (Wildman–Crippen LogP) is 5.27. The van der Waals surface area contributed by atoms with Gasteiger partial charge >= 0.3 is 18.3 Å². The molecule has 4 aromatic rings. The molecule has 2 aromatic carbocycles. The monoisotopic (exact) mass is 470 g/mol. The molecule has 7 nitrogen and oxygen atoms in total. The molecule has 0 atom stereocenters. The van der Waals surface area contributed by atoms with Gasteiger partial charge < -0.3 is 9.63 Å². The molecule has 1 N–H and O–H groups in total. The number of halogens is 6. The van der Waals surface area contributed by atoms with E-state index in [-0.39, 0.29) is 24.9 Å². The van der Waals surface area contributed by atoms with Crippen LogP contribution in [0.15, 0.2) is 47.1 Å². The van der Waals surface area contributed by atoms with Crippen molar-refractivity contribution in [3.05, 3.63) is 53.7 Å². The smallest absolute Gasteiger partial charge is 0.416 e. The molecular weight excluding hydrogens is 458 g/mol. The summed E-state index contributed by atoms with van der Waals surface area (Å²) in [6.45, 7) is 0.140. The molecule has 2 aromatic heterocycles. The topological polar surface area (TPSA) is 94.0 Å². The number of benzene rings is 2. The lowest BCUT2D eigenvalue weighted by molar-refractivity contribution is -0.143. The number of carbonyl (C=O) groups is 1. The van der Waals surface area contributed by atoms with Gasteiger partial charge in [0.05, 0.1) is 35.8 Å². The SMILES string of the molecule is O=C(O)CCn1ncc2cc(-c3noc(-c4cc(C(F)(F)F)cc(C(F)(F)F)c4)n3)ccc21. The average molecular weight is 470 g/mol. The van der Waals surface area contributed by atoms with Gasteiger partial charge in [-0.05, 0) is 36.4 Å². The number of alkyl halides is 6. The number of aryl methyl sites for hydroxylation is 1. The molecule has 0 aliphatic rings. The first-order valence-corrected chi connectivity index (χ1v) is 9.23. The van der Waals surface area contributed by atoms with Crippen LogP contribution in [0.4, 0.5) is 26.3 Å². The first kappa shape index (κ1) is 22.3. The van der Waals surface area contributed by atoms with Crippen LogP contribution >= 0.6 is 0 Å². The van der Waals surface area contributed by atoms with Crippen molar-refractivity contribution >= 4 is 16.9 Å². The van der Waals surface area contributed by atoms with Crippen LogP contribution in [0, 0.1) is 0 Å². The van der Waals surface area contributed by atoms with E-state index in [4.69, 9.17) is 9.63 Å². The second-order valence-electron chi connectivity index (χ2n) is 7.00. The zero-order chi connectivity index (χ0) is 24.0. The Bertz CT molecular complexity index is 1310. The fraction of sp³-hybridized carbons (Fsp3) is 0.200. The first-order valence-electron chi connectivity index (χ1n) is 9.23. The highest BCUT2D eigenvalue weighted by molar-refractivity contribution is 5.83. The Morgan fingerprint density at radius 1 is 0.970 bits per heavy atom.